The lowest BCUT2D eigenvalue weighted by Gasteiger charge is -2.38. The smallest absolute Gasteiger partial charge is 0.410 e. The summed E-state index contributed by atoms with van der Waals surface area (Å²) in [6.07, 6.45) is 0.632. The summed E-state index contributed by atoms with van der Waals surface area (Å²) < 4.78 is 34.7. The van der Waals surface area contributed by atoms with Crippen molar-refractivity contribution in [2.45, 2.75) is 32.4 Å². The molecule has 0 aromatic rings. The Morgan fingerprint density at radius 2 is 1.68 bits per heavy atom. The van der Waals surface area contributed by atoms with E-state index in [9.17, 15) is 18.0 Å². The van der Waals surface area contributed by atoms with E-state index in [1.807, 2.05) is 4.90 Å². The largest absolute Gasteiger partial charge is 0.468 e. The molecule has 10 heteroatoms. The molecular formula is C15H29N3O6S. The van der Waals surface area contributed by atoms with Crippen LogP contribution in [0.25, 0.3) is 0 Å². The highest BCUT2D eigenvalue weighted by Crippen LogP contribution is 2.14. The zero-order valence-corrected chi connectivity index (χ0v) is 16.6. The van der Waals surface area contributed by atoms with Crippen molar-refractivity contribution >= 4 is 22.1 Å². The van der Waals surface area contributed by atoms with Crippen LogP contribution in [-0.2, 0) is 24.3 Å². The van der Waals surface area contributed by atoms with Gasteiger partial charge < -0.3 is 14.4 Å². The first-order valence-corrected chi connectivity index (χ1v) is 9.91. The molecule has 1 heterocycles. The lowest BCUT2D eigenvalue weighted by molar-refractivity contribution is -0.148. The van der Waals surface area contributed by atoms with E-state index in [2.05, 4.69) is 0 Å². The van der Waals surface area contributed by atoms with Crippen molar-refractivity contribution in [2.75, 3.05) is 53.1 Å². The predicted octanol–water partition coefficient (Wildman–Crippen LogP) is -0.0279. The Kier molecular flexibility index (Phi) is 7.21. The van der Waals surface area contributed by atoms with Crippen molar-refractivity contribution in [1.29, 1.82) is 0 Å². The average Bonchev–Trinajstić information content (AvgIpc) is 2.49. The number of ether oxygens (including phenoxy) is 2. The molecule has 0 saturated carbocycles. The van der Waals surface area contributed by atoms with E-state index in [0.717, 1.165) is 6.26 Å². The third kappa shape index (κ3) is 6.79. The molecule has 1 rings (SSSR count). The molecular weight excluding hydrogens is 350 g/mol. The van der Waals surface area contributed by atoms with Crippen LogP contribution in [-0.4, -0.2) is 99.4 Å². The number of sulfonamides is 1. The standard InChI is InChI=1S/C15H29N3O6S/c1-15(2,3)24-14(20)16(4)11-12(13(19)23-5)17-7-9-18(10-8-17)25(6,21)22/h12H,7-11H2,1-6H3. The third-order valence-electron chi connectivity index (χ3n) is 3.81. The maximum Gasteiger partial charge on any atom is 0.410 e. The summed E-state index contributed by atoms with van der Waals surface area (Å²) in [6.45, 7) is 6.75. The molecule has 0 radical (unpaired) electrons. The van der Waals surface area contributed by atoms with Gasteiger partial charge in [-0.3, -0.25) is 9.69 Å². The molecule has 1 fully saturated rings. The number of rotatable bonds is 5. The number of esters is 1. The molecule has 25 heavy (non-hydrogen) atoms. The molecule has 0 bridgehead atoms. The van der Waals surface area contributed by atoms with E-state index >= 15 is 0 Å². The lowest BCUT2D eigenvalue weighted by atomic mass is 10.2. The molecule has 146 valence electrons. The van der Waals surface area contributed by atoms with Gasteiger partial charge in [0.1, 0.15) is 11.6 Å². The SMILES string of the molecule is COC(=O)C(CN(C)C(=O)OC(C)(C)C)N1CCN(S(C)(=O)=O)CC1. The van der Waals surface area contributed by atoms with Gasteiger partial charge in [-0.25, -0.2) is 13.2 Å². The fourth-order valence-corrected chi connectivity index (χ4v) is 3.32. The molecule has 0 N–H and O–H groups in total. The summed E-state index contributed by atoms with van der Waals surface area (Å²) >= 11 is 0. The van der Waals surface area contributed by atoms with Gasteiger partial charge in [0, 0.05) is 39.8 Å². The van der Waals surface area contributed by atoms with Gasteiger partial charge in [-0.15, -0.1) is 0 Å². The van der Waals surface area contributed by atoms with Gasteiger partial charge in [0.05, 0.1) is 13.4 Å². The number of hydrogen-bond donors (Lipinski definition) is 0. The highest BCUT2D eigenvalue weighted by Gasteiger charge is 2.34. The second kappa shape index (κ2) is 8.33. The van der Waals surface area contributed by atoms with Crippen LogP contribution >= 0.6 is 0 Å². The van der Waals surface area contributed by atoms with E-state index in [0.29, 0.717) is 26.2 Å². The maximum absolute atomic E-state index is 12.2. The van der Waals surface area contributed by atoms with Crippen molar-refractivity contribution in [2.24, 2.45) is 0 Å². The monoisotopic (exact) mass is 379 g/mol. The summed E-state index contributed by atoms with van der Waals surface area (Å²) in [4.78, 5) is 27.4. The van der Waals surface area contributed by atoms with Crippen LogP contribution in [0.2, 0.25) is 0 Å². The summed E-state index contributed by atoms with van der Waals surface area (Å²) in [5, 5.41) is 0. The molecule has 1 saturated heterocycles. The molecule has 9 nitrogen and oxygen atoms in total. The topological polar surface area (TPSA) is 96.5 Å². The van der Waals surface area contributed by atoms with Crippen molar-refractivity contribution in [1.82, 2.24) is 14.1 Å². The number of methoxy groups -OCH3 is 1. The number of hydrogen-bond acceptors (Lipinski definition) is 7. The first-order valence-electron chi connectivity index (χ1n) is 8.06. The summed E-state index contributed by atoms with van der Waals surface area (Å²) in [6, 6.07) is -0.677. The molecule has 0 aromatic heterocycles. The van der Waals surface area contributed by atoms with Crippen LogP contribution in [0.15, 0.2) is 0 Å². The number of nitrogens with zero attached hydrogens (tertiary/aromatic N) is 3. The van der Waals surface area contributed by atoms with E-state index in [4.69, 9.17) is 9.47 Å². The Labute approximate surface area is 149 Å². The number of amides is 1. The van der Waals surface area contributed by atoms with Crippen molar-refractivity contribution in [3.63, 3.8) is 0 Å². The zero-order valence-electron chi connectivity index (χ0n) is 15.8. The Bertz CT molecular complexity index is 579. The number of carbonyl (C=O) groups is 2. The third-order valence-corrected chi connectivity index (χ3v) is 5.11. The maximum atomic E-state index is 12.2. The fraction of sp³-hybridized carbons (Fsp3) is 0.867. The van der Waals surface area contributed by atoms with Gasteiger partial charge in [-0.05, 0) is 20.8 Å². The Balaban J connectivity index is 2.76. The molecule has 1 atom stereocenters. The van der Waals surface area contributed by atoms with Crippen molar-refractivity contribution in [3.05, 3.63) is 0 Å². The Morgan fingerprint density at radius 3 is 2.08 bits per heavy atom. The minimum Gasteiger partial charge on any atom is -0.468 e. The van der Waals surface area contributed by atoms with Gasteiger partial charge in [0.15, 0.2) is 0 Å². The van der Waals surface area contributed by atoms with Crippen LogP contribution in [0.3, 0.4) is 0 Å². The first-order chi connectivity index (χ1) is 11.3. The number of likely N-dealkylation sites (N-methyl/N-ethyl adjacent to an activating group) is 1. The van der Waals surface area contributed by atoms with Crippen LogP contribution in [0.4, 0.5) is 4.79 Å². The molecule has 0 aliphatic carbocycles. The molecule has 1 amide bonds. The molecule has 0 spiro atoms. The highest BCUT2D eigenvalue weighted by atomic mass is 32.2. The van der Waals surface area contributed by atoms with E-state index < -0.39 is 33.7 Å². The minimum absolute atomic E-state index is 0.0977. The van der Waals surface area contributed by atoms with Gasteiger partial charge in [0.25, 0.3) is 0 Å². The number of piperazine rings is 1. The molecule has 0 aromatic carbocycles. The quantitative estimate of drug-likeness (QED) is 0.619. The van der Waals surface area contributed by atoms with Crippen molar-refractivity contribution in [3.8, 4) is 0 Å². The Hall–Kier alpha value is -1.39. The average molecular weight is 379 g/mol. The number of carbonyl (C=O) groups excluding carboxylic acids is 2. The van der Waals surface area contributed by atoms with Gasteiger partial charge >= 0.3 is 12.1 Å². The van der Waals surface area contributed by atoms with Crippen LogP contribution in [0.5, 0.6) is 0 Å². The van der Waals surface area contributed by atoms with Crippen LogP contribution in [0.1, 0.15) is 20.8 Å². The molecule has 1 aliphatic rings. The predicted molar refractivity (Wildman–Crippen MR) is 92.7 cm³/mol. The molecule has 1 unspecified atom stereocenters. The van der Waals surface area contributed by atoms with Crippen molar-refractivity contribution < 1.29 is 27.5 Å². The van der Waals surface area contributed by atoms with E-state index in [1.54, 1.807) is 27.8 Å². The normalized spacial score (nSPS) is 18.5. The summed E-state index contributed by atoms with van der Waals surface area (Å²) in [7, 11) is -0.412. The fourth-order valence-electron chi connectivity index (χ4n) is 2.50. The van der Waals surface area contributed by atoms with Gasteiger partial charge in [0.2, 0.25) is 10.0 Å². The lowest BCUT2D eigenvalue weighted by Crippen LogP contribution is -2.57. The van der Waals surface area contributed by atoms with Crippen LogP contribution in [0, 0.1) is 0 Å². The minimum atomic E-state index is -3.25. The van der Waals surface area contributed by atoms with Crippen LogP contribution < -0.4 is 0 Å². The van der Waals surface area contributed by atoms with E-state index in [1.165, 1.54) is 16.3 Å². The zero-order chi connectivity index (χ0) is 19.4. The summed E-state index contributed by atoms with van der Waals surface area (Å²) in [5.41, 5.74) is -0.632. The summed E-state index contributed by atoms with van der Waals surface area (Å²) in [5.74, 6) is -0.469. The first kappa shape index (κ1) is 21.7. The van der Waals surface area contributed by atoms with Gasteiger partial charge in [-0.1, -0.05) is 0 Å². The Morgan fingerprint density at radius 1 is 1.16 bits per heavy atom. The highest BCUT2D eigenvalue weighted by molar-refractivity contribution is 7.88. The second-order valence-electron chi connectivity index (χ2n) is 7.10. The van der Waals surface area contributed by atoms with Gasteiger partial charge in [-0.2, -0.15) is 4.31 Å². The second-order valence-corrected chi connectivity index (χ2v) is 9.08. The van der Waals surface area contributed by atoms with E-state index in [-0.39, 0.29) is 6.54 Å². The molecule has 1 aliphatic heterocycles.